The molecular weight excluding hydrogens is 225 g/mol. The highest BCUT2D eigenvalue weighted by molar-refractivity contribution is 5.93. The largest absolute Gasteiger partial charge is 0.424 e. The summed E-state index contributed by atoms with van der Waals surface area (Å²) in [5, 5.41) is 9.96. The van der Waals surface area contributed by atoms with Gasteiger partial charge in [-0.05, 0) is 24.3 Å². The molecule has 1 aromatic carbocycles. The Morgan fingerprint density at radius 3 is 2.65 bits per heavy atom. The van der Waals surface area contributed by atoms with E-state index >= 15 is 0 Å². The highest BCUT2D eigenvalue weighted by atomic mass is 19.1. The van der Waals surface area contributed by atoms with E-state index in [1.807, 2.05) is 0 Å². The predicted molar refractivity (Wildman–Crippen MR) is 56.6 cm³/mol. The zero-order valence-corrected chi connectivity index (χ0v) is 9.11. The third-order valence-electron chi connectivity index (χ3n) is 2.07. The van der Waals surface area contributed by atoms with Crippen LogP contribution in [0.1, 0.15) is 22.1 Å². The molecule has 1 N–H and O–H groups in total. The number of aromatic nitrogens is 2. The highest BCUT2D eigenvalue weighted by Crippen LogP contribution is 2.03. The van der Waals surface area contributed by atoms with E-state index in [4.69, 9.17) is 4.42 Å². The van der Waals surface area contributed by atoms with E-state index < -0.39 is 0 Å². The molecule has 0 aliphatic rings. The highest BCUT2D eigenvalue weighted by Gasteiger charge is 2.07. The average Bonchev–Trinajstić information content (AvgIpc) is 2.73. The van der Waals surface area contributed by atoms with Gasteiger partial charge in [-0.1, -0.05) is 0 Å². The molecule has 0 atom stereocenters. The molecule has 2 aromatic rings. The molecule has 5 nitrogen and oxygen atoms in total. The van der Waals surface area contributed by atoms with Crippen LogP contribution >= 0.6 is 0 Å². The van der Waals surface area contributed by atoms with Gasteiger partial charge in [-0.2, -0.15) is 0 Å². The second-order valence-corrected chi connectivity index (χ2v) is 3.40. The van der Waals surface area contributed by atoms with Crippen molar-refractivity contribution in [3.63, 3.8) is 0 Å². The van der Waals surface area contributed by atoms with Crippen molar-refractivity contribution in [3.05, 3.63) is 47.4 Å². The fourth-order valence-corrected chi connectivity index (χ4v) is 1.27. The summed E-state index contributed by atoms with van der Waals surface area (Å²) in [6.45, 7) is 1.81. The van der Waals surface area contributed by atoms with E-state index in [1.165, 1.54) is 24.3 Å². The second kappa shape index (κ2) is 4.73. The summed E-state index contributed by atoms with van der Waals surface area (Å²) in [6.07, 6.45) is 0. The summed E-state index contributed by atoms with van der Waals surface area (Å²) < 4.78 is 17.7. The van der Waals surface area contributed by atoms with Crippen molar-refractivity contribution < 1.29 is 13.6 Å². The van der Waals surface area contributed by atoms with Crippen molar-refractivity contribution >= 4 is 5.91 Å². The maximum Gasteiger partial charge on any atom is 0.251 e. The monoisotopic (exact) mass is 235 g/mol. The van der Waals surface area contributed by atoms with E-state index in [-0.39, 0.29) is 18.3 Å². The Hall–Kier alpha value is -2.24. The molecule has 0 saturated carbocycles. The van der Waals surface area contributed by atoms with Crippen LogP contribution in [-0.2, 0) is 6.54 Å². The first-order valence-electron chi connectivity index (χ1n) is 4.98. The second-order valence-electron chi connectivity index (χ2n) is 3.40. The Bertz CT molecular complexity index is 522. The first kappa shape index (κ1) is 11.3. The van der Waals surface area contributed by atoms with E-state index in [1.54, 1.807) is 6.92 Å². The fraction of sp³-hybridized carbons (Fsp3) is 0.182. The Labute approximate surface area is 96.7 Å². The van der Waals surface area contributed by atoms with Crippen LogP contribution in [0.15, 0.2) is 28.7 Å². The summed E-state index contributed by atoms with van der Waals surface area (Å²) in [6, 6.07) is 5.27. The van der Waals surface area contributed by atoms with Crippen LogP contribution < -0.4 is 5.32 Å². The normalized spacial score (nSPS) is 10.2. The fourth-order valence-electron chi connectivity index (χ4n) is 1.27. The van der Waals surface area contributed by atoms with Crippen molar-refractivity contribution in [1.29, 1.82) is 0 Å². The van der Waals surface area contributed by atoms with Crippen LogP contribution in [0.3, 0.4) is 0 Å². The Kier molecular flexibility index (Phi) is 3.13. The van der Waals surface area contributed by atoms with Crippen LogP contribution in [0.5, 0.6) is 0 Å². The van der Waals surface area contributed by atoms with Gasteiger partial charge >= 0.3 is 0 Å². The third-order valence-corrected chi connectivity index (χ3v) is 2.07. The molecule has 0 spiro atoms. The maximum atomic E-state index is 12.6. The molecule has 1 amide bonds. The molecule has 0 aliphatic carbocycles. The minimum Gasteiger partial charge on any atom is -0.424 e. The Morgan fingerprint density at radius 1 is 1.35 bits per heavy atom. The molecule has 88 valence electrons. The summed E-state index contributed by atoms with van der Waals surface area (Å²) in [5.74, 6) is 0.0731. The molecule has 0 fully saturated rings. The van der Waals surface area contributed by atoms with Crippen molar-refractivity contribution in [2.75, 3.05) is 0 Å². The lowest BCUT2D eigenvalue weighted by Crippen LogP contribution is -2.22. The number of benzene rings is 1. The zero-order valence-electron chi connectivity index (χ0n) is 9.11. The molecule has 6 heteroatoms. The predicted octanol–water partition coefficient (Wildman–Crippen LogP) is 1.45. The van der Waals surface area contributed by atoms with Crippen LogP contribution in [0.2, 0.25) is 0 Å². The summed E-state index contributed by atoms with van der Waals surface area (Å²) in [7, 11) is 0. The van der Waals surface area contributed by atoms with E-state index in [0.29, 0.717) is 17.3 Å². The Morgan fingerprint density at radius 2 is 2.06 bits per heavy atom. The first-order valence-corrected chi connectivity index (χ1v) is 4.98. The molecule has 0 radical (unpaired) electrons. The van der Waals surface area contributed by atoms with Crippen molar-refractivity contribution in [3.8, 4) is 0 Å². The smallest absolute Gasteiger partial charge is 0.251 e. The van der Waals surface area contributed by atoms with Gasteiger partial charge in [-0.25, -0.2) is 4.39 Å². The summed E-state index contributed by atoms with van der Waals surface area (Å²) in [4.78, 5) is 11.6. The maximum absolute atomic E-state index is 12.6. The minimum atomic E-state index is -0.380. The van der Waals surface area contributed by atoms with Gasteiger partial charge in [0.25, 0.3) is 5.91 Å². The van der Waals surface area contributed by atoms with Crippen LogP contribution in [0.25, 0.3) is 0 Å². The number of rotatable bonds is 3. The molecule has 0 unspecified atom stereocenters. The molecule has 1 heterocycles. The zero-order chi connectivity index (χ0) is 12.3. The third kappa shape index (κ3) is 2.87. The molecule has 0 saturated heterocycles. The number of amides is 1. The average molecular weight is 235 g/mol. The summed E-state index contributed by atoms with van der Waals surface area (Å²) in [5.41, 5.74) is 0.377. The molecular formula is C11H10FN3O2. The van der Waals surface area contributed by atoms with Gasteiger partial charge in [-0.15, -0.1) is 10.2 Å². The number of nitrogens with zero attached hydrogens (tertiary/aromatic N) is 2. The molecule has 2 rings (SSSR count). The van der Waals surface area contributed by atoms with Crippen molar-refractivity contribution in [1.82, 2.24) is 15.5 Å². The number of halogens is 1. The summed E-state index contributed by atoms with van der Waals surface area (Å²) >= 11 is 0. The van der Waals surface area contributed by atoms with Crippen molar-refractivity contribution in [2.45, 2.75) is 13.5 Å². The van der Waals surface area contributed by atoms with Gasteiger partial charge in [0.05, 0.1) is 6.54 Å². The molecule has 0 aliphatic heterocycles. The number of nitrogens with one attached hydrogen (secondary N) is 1. The number of carbonyl (C=O) groups excluding carboxylic acids is 1. The van der Waals surface area contributed by atoms with E-state index in [9.17, 15) is 9.18 Å². The first-order chi connectivity index (χ1) is 8.15. The molecule has 17 heavy (non-hydrogen) atoms. The number of aryl methyl sites for hydroxylation is 1. The number of hydrogen-bond acceptors (Lipinski definition) is 4. The van der Waals surface area contributed by atoms with Gasteiger partial charge in [0.15, 0.2) is 0 Å². The topological polar surface area (TPSA) is 68.0 Å². The number of hydrogen-bond donors (Lipinski definition) is 1. The Balaban J connectivity index is 1.95. The van der Waals surface area contributed by atoms with Gasteiger partial charge in [0, 0.05) is 12.5 Å². The quantitative estimate of drug-likeness (QED) is 0.874. The molecule has 0 bridgehead atoms. The van der Waals surface area contributed by atoms with Gasteiger partial charge in [-0.3, -0.25) is 4.79 Å². The van der Waals surface area contributed by atoms with E-state index in [2.05, 4.69) is 15.5 Å². The lowest BCUT2D eigenvalue weighted by molar-refractivity contribution is 0.0947. The SMILES string of the molecule is Cc1nnc(CNC(=O)c2ccc(F)cc2)o1. The van der Waals surface area contributed by atoms with Crippen LogP contribution in [0.4, 0.5) is 4.39 Å². The minimum absolute atomic E-state index is 0.150. The lowest BCUT2D eigenvalue weighted by Gasteiger charge is -2.01. The van der Waals surface area contributed by atoms with Gasteiger partial charge < -0.3 is 9.73 Å². The molecule has 1 aromatic heterocycles. The van der Waals surface area contributed by atoms with E-state index in [0.717, 1.165) is 0 Å². The van der Waals surface area contributed by atoms with Gasteiger partial charge in [0.1, 0.15) is 5.82 Å². The number of carbonyl (C=O) groups is 1. The van der Waals surface area contributed by atoms with Crippen LogP contribution in [0, 0.1) is 12.7 Å². The van der Waals surface area contributed by atoms with Gasteiger partial charge in [0.2, 0.25) is 11.8 Å². The standard InChI is InChI=1S/C11H10FN3O2/c1-7-14-15-10(17-7)6-13-11(16)8-2-4-9(12)5-3-8/h2-5H,6H2,1H3,(H,13,16). The van der Waals surface area contributed by atoms with Crippen molar-refractivity contribution in [2.24, 2.45) is 0 Å². The van der Waals surface area contributed by atoms with Crippen LogP contribution in [-0.4, -0.2) is 16.1 Å². The lowest BCUT2D eigenvalue weighted by atomic mass is 10.2.